The van der Waals surface area contributed by atoms with Gasteiger partial charge in [-0.1, -0.05) is 67.9 Å². The lowest BCUT2D eigenvalue weighted by Gasteiger charge is -2.28. The van der Waals surface area contributed by atoms with Crippen molar-refractivity contribution >= 4 is 17.6 Å². The number of rotatable bonds is 8. The molecule has 1 aliphatic carbocycles. The number of hydrogen-bond donors (Lipinski definition) is 1. The Bertz CT molecular complexity index is 1550. The number of aryl methyl sites for hydroxylation is 1. The summed E-state index contributed by atoms with van der Waals surface area (Å²) >= 11 is 0. The summed E-state index contributed by atoms with van der Waals surface area (Å²) in [6, 6.07) is 21.6. The van der Waals surface area contributed by atoms with Crippen LogP contribution in [0.4, 0.5) is 19.0 Å². The molecule has 0 bridgehead atoms. The normalized spacial score (nSPS) is 14.0. The van der Waals surface area contributed by atoms with Crippen molar-refractivity contribution in [1.29, 1.82) is 0 Å². The van der Waals surface area contributed by atoms with Crippen molar-refractivity contribution in [3.05, 3.63) is 102 Å². The molecule has 1 aromatic heterocycles. The molecular weight excluding hydrogens is 517 g/mol. The summed E-state index contributed by atoms with van der Waals surface area (Å²) in [5.41, 5.74) is 4.01. The standard InChI is InChI=1S/C31H29F3N4O2/c1-3-4-17-37(19-31(32,33)34)30(40)28-24-14-9-8-13-22(24)23-15-10-16-25(27(23)28)38-18-26(35-20(38)2)36-29(39)21-11-6-5-7-12-21/h5-16,18,28H,3-4,17,19H2,1-2H3,(H,36,39). The van der Waals surface area contributed by atoms with Crippen LogP contribution >= 0.6 is 0 Å². The lowest BCUT2D eigenvalue weighted by Crippen LogP contribution is -2.42. The molecule has 0 spiro atoms. The Balaban J connectivity index is 1.57. The van der Waals surface area contributed by atoms with Crippen LogP contribution in [0.2, 0.25) is 0 Å². The Kier molecular flexibility index (Phi) is 7.47. The van der Waals surface area contributed by atoms with Crippen molar-refractivity contribution in [2.24, 2.45) is 0 Å². The van der Waals surface area contributed by atoms with Crippen LogP contribution in [0.5, 0.6) is 0 Å². The summed E-state index contributed by atoms with van der Waals surface area (Å²) < 4.78 is 42.4. The van der Waals surface area contributed by atoms with Crippen LogP contribution in [-0.2, 0) is 4.79 Å². The summed E-state index contributed by atoms with van der Waals surface area (Å²) in [7, 11) is 0. The maximum atomic E-state index is 14.0. The van der Waals surface area contributed by atoms with Gasteiger partial charge in [0.05, 0.1) is 17.8 Å². The summed E-state index contributed by atoms with van der Waals surface area (Å²) in [4.78, 5) is 32.1. The monoisotopic (exact) mass is 546 g/mol. The summed E-state index contributed by atoms with van der Waals surface area (Å²) in [6.45, 7) is 2.37. The van der Waals surface area contributed by atoms with Crippen LogP contribution in [-0.4, -0.2) is 45.5 Å². The van der Waals surface area contributed by atoms with Gasteiger partial charge in [-0.2, -0.15) is 13.2 Å². The molecule has 1 atom stereocenters. The number of unbranched alkanes of at least 4 members (excludes halogenated alkanes) is 1. The number of amides is 2. The van der Waals surface area contributed by atoms with Crippen LogP contribution in [0.3, 0.4) is 0 Å². The summed E-state index contributed by atoms with van der Waals surface area (Å²) in [5, 5.41) is 2.80. The molecule has 1 heterocycles. The molecule has 206 valence electrons. The number of hydrogen-bond acceptors (Lipinski definition) is 3. The van der Waals surface area contributed by atoms with Crippen molar-refractivity contribution < 1.29 is 22.8 Å². The first-order chi connectivity index (χ1) is 19.2. The number of fused-ring (bicyclic) bond motifs is 3. The fraction of sp³-hybridized carbons (Fsp3) is 0.258. The van der Waals surface area contributed by atoms with Crippen molar-refractivity contribution in [2.75, 3.05) is 18.4 Å². The Hall–Kier alpha value is -4.40. The highest BCUT2D eigenvalue weighted by Gasteiger charge is 2.41. The Morgan fingerprint density at radius 3 is 2.40 bits per heavy atom. The number of alkyl halides is 3. The van der Waals surface area contributed by atoms with Gasteiger partial charge >= 0.3 is 6.18 Å². The van der Waals surface area contributed by atoms with E-state index >= 15 is 0 Å². The van der Waals surface area contributed by atoms with E-state index in [0.29, 0.717) is 46.9 Å². The van der Waals surface area contributed by atoms with Crippen molar-refractivity contribution in [1.82, 2.24) is 14.5 Å². The van der Waals surface area contributed by atoms with E-state index in [-0.39, 0.29) is 12.5 Å². The average molecular weight is 547 g/mol. The number of benzene rings is 3. The topological polar surface area (TPSA) is 67.2 Å². The quantitative estimate of drug-likeness (QED) is 0.266. The van der Waals surface area contributed by atoms with Gasteiger partial charge in [-0.05, 0) is 48.2 Å². The van der Waals surface area contributed by atoms with Crippen LogP contribution in [0, 0.1) is 6.92 Å². The van der Waals surface area contributed by atoms with Crippen LogP contribution in [0.25, 0.3) is 16.8 Å². The van der Waals surface area contributed by atoms with E-state index in [9.17, 15) is 22.8 Å². The number of nitrogens with one attached hydrogen (secondary N) is 1. The van der Waals surface area contributed by atoms with Gasteiger partial charge in [-0.25, -0.2) is 4.98 Å². The van der Waals surface area contributed by atoms with Gasteiger partial charge in [0, 0.05) is 17.7 Å². The molecule has 9 heteroatoms. The first-order valence-electron chi connectivity index (χ1n) is 13.2. The number of imidazole rings is 1. The number of carbonyl (C=O) groups is 2. The third-order valence-corrected chi connectivity index (χ3v) is 7.06. The summed E-state index contributed by atoms with van der Waals surface area (Å²) in [5.74, 6) is -0.936. The van der Waals surface area contributed by atoms with E-state index < -0.39 is 24.5 Å². The lowest BCUT2D eigenvalue weighted by atomic mass is 9.93. The molecule has 1 aliphatic rings. The third-order valence-electron chi connectivity index (χ3n) is 7.06. The minimum Gasteiger partial charge on any atom is -0.333 e. The lowest BCUT2D eigenvalue weighted by molar-refractivity contribution is -0.161. The Morgan fingerprint density at radius 2 is 1.68 bits per heavy atom. The first-order valence-corrected chi connectivity index (χ1v) is 13.2. The van der Waals surface area contributed by atoms with Crippen LogP contribution in [0.1, 0.15) is 53.0 Å². The summed E-state index contributed by atoms with van der Waals surface area (Å²) in [6.07, 6.45) is -1.72. The molecule has 0 radical (unpaired) electrons. The zero-order chi connectivity index (χ0) is 28.4. The van der Waals surface area contributed by atoms with Crippen molar-refractivity contribution in [2.45, 2.75) is 38.8 Å². The van der Waals surface area contributed by atoms with Crippen molar-refractivity contribution in [3.8, 4) is 16.8 Å². The molecule has 0 saturated heterocycles. The molecule has 3 aromatic carbocycles. The van der Waals surface area contributed by atoms with Gasteiger partial charge in [0.15, 0.2) is 5.82 Å². The fourth-order valence-electron chi connectivity index (χ4n) is 5.28. The number of aromatic nitrogens is 2. The second-order valence-corrected chi connectivity index (χ2v) is 9.85. The highest BCUT2D eigenvalue weighted by atomic mass is 19.4. The zero-order valence-corrected chi connectivity index (χ0v) is 22.2. The van der Waals surface area contributed by atoms with Gasteiger partial charge in [-0.15, -0.1) is 0 Å². The second kappa shape index (κ2) is 11.0. The molecule has 1 unspecified atom stereocenters. The van der Waals surface area contributed by atoms with E-state index in [0.717, 1.165) is 16.0 Å². The third kappa shape index (κ3) is 5.36. The highest BCUT2D eigenvalue weighted by Crippen LogP contribution is 2.48. The van der Waals surface area contributed by atoms with Gasteiger partial charge in [0.1, 0.15) is 12.4 Å². The maximum absolute atomic E-state index is 14.0. The predicted octanol–water partition coefficient (Wildman–Crippen LogP) is 6.74. The molecule has 6 nitrogen and oxygen atoms in total. The van der Waals surface area contributed by atoms with E-state index in [2.05, 4.69) is 10.3 Å². The van der Waals surface area contributed by atoms with Crippen molar-refractivity contribution in [3.63, 3.8) is 0 Å². The molecule has 2 amide bonds. The van der Waals surface area contributed by atoms with E-state index in [1.807, 2.05) is 43.3 Å². The number of anilines is 1. The molecule has 0 aliphatic heterocycles. The van der Waals surface area contributed by atoms with Gasteiger partial charge in [-0.3, -0.25) is 9.59 Å². The largest absolute Gasteiger partial charge is 0.406 e. The fourth-order valence-corrected chi connectivity index (χ4v) is 5.28. The van der Waals surface area contributed by atoms with Crippen LogP contribution in [0.15, 0.2) is 79.0 Å². The highest BCUT2D eigenvalue weighted by molar-refractivity contribution is 6.03. The van der Waals surface area contributed by atoms with E-state index in [4.69, 9.17) is 0 Å². The molecule has 0 saturated carbocycles. The smallest absolute Gasteiger partial charge is 0.333 e. The van der Waals surface area contributed by atoms with Crippen LogP contribution < -0.4 is 5.32 Å². The number of nitrogens with zero attached hydrogens (tertiary/aromatic N) is 3. The Labute approximate surface area is 230 Å². The SMILES string of the molecule is CCCCN(CC(F)(F)F)C(=O)C1c2ccccc2-c2cccc(-n3cc(NC(=O)c4ccccc4)nc3C)c21. The second-order valence-electron chi connectivity index (χ2n) is 9.85. The van der Waals surface area contributed by atoms with Gasteiger partial charge in [0.2, 0.25) is 5.91 Å². The van der Waals surface area contributed by atoms with E-state index in [1.54, 1.807) is 54.1 Å². The molecule has 40 heavy (non-hydrogen) atoms. The zero-order valence-electron chi connectivity index (χ0n) is 22.2. The Morgan fingerprint density at radius 1 is 0.975 bits per heavy atom. The molecule has 0 fully saturated rings. The minimum absolute atomic E-state index is 0.0186. The minimum atomic E-state index is -4.52. The van der Waals surface area contributed by atoms with Gasteiger partial charge in [0.25, 0.3) is 5.91 Å². The van der Waals surface area contributed by atoms with Gasteiger partial charge < -0.3 is 14.8 Å². The maximum Gasteiger partial charge on any atom is 0.406 e. The molecule has 5 rings (SSSR count). The molecule has 1 N–H and O–H groups in total. The predicted molar refractivity (Wildman–Crippen MR) is 148 cm³/mol. The first kappa shape index (κ1) is 27.2. The molecular formula is C31H29F3N4O2. The average Bonchev–Trinajstić information content (AvgIpc) is 3.47. The number of carbonyl (C=O) groups excluding carboxylic acids is 2. The number of halogens is 3. The molecule has 4 aromatic rings. The van der Waals surface area contributed by atoms with E-state index in [1.165, 1.54) is 0 Å².